The number of nitrogens with two attached hydrogens (primary N) is 2. The van der Waals surface area contributed by atoms with Gasteiger partial charge in [0.25, 0.3) is 0 Å². The molecule has 1 atom stereocenters. The number of rotatable bonds is 17. The van der Waals surface area contributed by atoms with E-state index in [2.05, 4.69) is 6.92 Å². The maximum absolute atomic E-state index is 11.8. The number of carbonyl (C=O) groups excluding carboxylic acids is 1. The number of hydrogen-bond donors (Lipinski definition) is 3. The molecule has 1 unspecified atom stereocenters. The van der Waals surface area contributed by atoms with Crippen LogP contribution in [0, 0.1) is 5.92 Å². The van der Waals surface area contributed by atoms with Gasteiger partial charge < -0.3 is 16.6 Å². The Hall–Kier alpha value is -0.940. The van der Waals surface area contributed by atoms with Crippen LogP contribution in [0.25, 0.3) is 0 Å². The molecule has 24 heavy (non-hydrogen) atoms. The Bertz CT molecular complexity index is 333. The highest BCUT2D eigenvalue weighted by atomic mass is 16.4. The maximum atomic E-state index is 11.8. The Morgan fingerprint density at radius 2 is 1.12 bits per heavy atom. The third-order valence-corrected chi connectivity index (χ3v) is 4.52. The van der Waals surface area contributed by atoms with Gasteiger partial charge in [-0.25, -0.2) is 0 Å². The number of carboxylic acids is 1. The zero-order chi connectivity index (χ0) is 18.2. The van der Waals surface area contributed by atoms with Crippen molar-refractivity contribution < 1.29 is 14.7 Å². The van der Waals surface area contributed by atoms with Crippen LogP contribution in [0.2, 0.25) is 0 Å². The SMILES string of the molecule is CCCCCCCCCCCCCCCC(=O)C(C(=O)O)C(N)N. The van der Waals surface area contributed by atoms with Gasteiger partial charge in [-0.1, -0.05) is 84.0 Å². The van der Waals surface area contributed by atoms with E-state index in [4.69, 9.17) is 16.6 Å². The first-order chi connectivity index (χ1) is 11.5. The second-order valence-electron chi connectivity index (χ2n) is 6.85. The van der Waals surface area contributed by atoms with Crippen molar-refractivity contribution >= 4 is 11.8 Å². The minimum absolute atomic E-state index is 0.264. The molecule has 142 valence electrons. The number of ketones is 1. The van der Waals surface area contributed by atoms with Gasteiger partial charge in [0.1, 0.15) is 11.7 Å². The highest BCUT2D eigenvalue weighted by Gasteiger charge is 2.29. The van der Waals surface area contributed by atoms with Gasteiger partial charge in [0.2, 0.25) is 0 Å². The van der Waals surface area contributed by atoms with E-state index in [9.17, 15) is 9.59 Å². The van der Waals surface area contributed by atoms with E-state index in [1.807, 2.05) is 0 Å². The van der Waals surface area contributed by atoms with E-state index >= 15 is 0 Å². The Morgan fingerprint density at radius 1 is 0.750 bits per heavy atom. The quantitative estimate of drug-likeness (QED) is 0.210. The average Bonchev–Trinajstić information content (AvgIpc) is 2.51. The van der Waals surface area contributed by atoms with Crippen molar-refractivity contribution in [2.75, 3.05) is 0 Å². The molecule has 0 aromatic rings. The van der Waals surface area contributed by atoms with E-state index in [0.29, 0.717) is 0 Å². The molecule has 0 aliphatic heterocycles. The highest BCUT2D eigenvalue weighted by Crippen LogP contribution is 2.14. The first kappa shape index (κ1) is 23.1. The fourth-order valence-corrected chi connectivity index (χ4v) is 2.99. The van der Waals surface area contributed by atoms with Crippen LogP contribution in [0.3, 0.4) is 0 Å². The summed E-state index contributed by atoms with van der Waals surface area (Å²) in [5.74, 6) is -2.83. The molecule has 0 fully saturated rings. The lowest BCUT2D eigenvalue weighted by Crippen LogP contribution is -2.46. The Kier molecular flexibility index (Phi) is 15.0. The summed E-state index contributed by atoms with van der Waals surface area (Å²) in [5, 5.41) is 8.94. The number of carbonyl (C=O) groups is 2. The molecule has 0 radical (unpaired) electrons. The number of carboxylic acid groups (broad SMARTS) is 1. The van der Waals surface area contributed by atoms with E-state index in [-0.39, 0.29) is 12.2 Å². The molecule has 0 spiro atoms. The van der Waals surface area contributed by atoms with Crippen molar-refractivity contribution in [2.24, 2.45) is 17.4 Å². The zero-order valence-electron chi connectivity index (χ0n) is 15.5. The number of Topliss-reactive ketones (excluding diaryl/α,β-unsaturated/α-hetero) is 1. The van der Waals surface area contributed by atoms with Gasteiger partial charge in [-0.15, -0.1) is 0 Å². The second kappa shape index (κ2) is 15.6. The van der Waals surface area contributed by atoms with Crippen molar-refractivity contribution in [1.82, 2.24) is 0 Å². The predicted molar refractivity (Wildman–Crippen MR) is 98.6 cm³/mol. The molecule has 0 aliphatic rings. The fourth-order valence-electron chi connectivity index (χ4n) is 2.99. The molecule has 5 heteroatoms. The molecule has 0 amide bonds. The summed E-state index contributed by atoms with van der Waals surface area (Å²) in [6.45, 7) is 2.24. The topological polar surface area (TPSA) is 106 Å². The lowest BCUT2D eigenvalue weighted by molar-refractivity contribution is -0.147. The van der Waals surface area contributed by atoms with E-state index in [1.54, 1.807) is 0 Å². The third kappa shape index (κ3) is 12.5. The molecule has 0 aliphatic carbocycles. The van der Waals surface area contributed by atoms with Gasteiger partial charge in [-0.3, -0.25) is 9.59 Å². The minimum Gasteiger partial charge on any atom is -0.481 e. The van der Waals surface area contributed by atoms with Crippen LogP contribution in [0.1, 0.15) is 96.8 Å². The van der Waals surface area contributed by atoms with E-state index < -0.39 is 18.1 Å². The summed E-state index contributed by atoms with van der Waals surface area (Å²) < 4.78 is 0. The largest absolute Gasteiger partial charge is 0.481 e. The van der Waals surface area contributed by atoms with Gasteiger partial charge in [0.05, 0.1) is 6.17 Å². The Labute approximate surface area is 147 Å². The predicted octanol–water partition coefficient (Wildman–Crippen LogP) is 3.98. The van der Waals surface area contributed by atoms with Crippen LogP contribution in [-0.2, 0) is 9.59 Å². The monoisotopic (exact) mass is 342 g/mol. The van der Waals surface area contributed by atoms with Gasteiger partial charge in [0.15, 0.2) is 0 Å². The molecule has 0 aromatic carbocycles. The zero-order valence-corrected chi connectivity index (χ0v) is 15.5. The molecule has 0 saturated carbocycles. The van der Waals surface area contributed by atoms with Crippen LogP contribution in [0.4, 0.5) is 0 Å². The number of unbranched alkanes of at least 4 members (excludes halogenated alkanes) is 12. The Balaban J connectivity index is 3.42. The third-order valence-electron chi connectivity index (χ3n) is 4.52. The van der Waals surface area contributed by atoms with Crippen LogP contribution in [0.15, 0.2) is 0 Å². The van der Waals surface area contributed by atoms with Gasteiger partial charge in [-0.05, 0) is 6.42 Å². The van der Waals surface area contributed by atoms with Crippen molar-refractivity contribution in [2.45, 2.75) is 103 Å². The van der Waals surface area contributed by atoms with Gasteiger partial charge >= 0.3 is 5.97 Å². The fraction of sp³-hybridized carbons (Fsp3) is 0.895. The summed E-state index contributed by atoms with van der Waals surface area (Å²) in [7, 11) is 0. The molecule has 5 N–H and O–H groups in total. The lowest BCUT2D eigenvalue weighted by Gasteiger charge is -2.14. The van der Waals surface area contributed by atoms with E-state index in [0.717, 1.165) is 19.3 Å². The molecule has 0 aromatic heterocycles. The molecule has 0 bridgehead atoms. The highest BCUT2D eigenvalue weighted by molar-refractivity contribution is 5.98. The molecule has 0 saturated heterocycles. The van der Waals surface area contributed by atoms with Crippen molar-refractivity contribution in [1.29, 1.82) is 0 Å². The van der Waals surface area contributed by atoms with Gasteiger partial charge in [0, 0.05) is 6.42 Å². The molecular weight excluding hydrogens is 304 g/mol. The molecular formula is C19H38N2O3. The molecule has 0 heterocycles. The first-order valence-electron chi connectivity index (χ1n) is 9.77. The average molecular weight is 343 g/mol. The smallest absolute Gasteiger partial charge is 0.317 e. The lowest BCUT2D eigenvalue weighted by atomic mass is 9.96. The van der Waals surface area contributed by atoms with Crippen molar-refractivity contribution in [3.63, 3.8) is 0 Å². The number of aliphatic carboxylic acids is 1. The van der Waals surface area contributed by atoms with Crippen LogP contribution in [-0.4, -0.2) is 23.0 Å². The molecule has 5 nitrogen and oxygen atoms in total. The van der Waals surface area contributed by atoms with Gasteiger partial charge in [-0.2, -0.15) is 0 Å². The van der Waals surface area contributed by atoms with Crippen LogP contribution >= 0.6 is 0 Å². The summed E-state index contributed by atoms with van der Waals surface area (Å²) in [6.07, 6.45) is 15.2. The summed E-state index contributed by atoms with van der Waals surface area (Å²) in [4.78, 5) is 22.7. The summed E-state index contributed by atoms with van der Waals surface area (Å²) in [5.41, 5.74) is 10.7. The Morgan fingerprint density at radius 3 is 1.46 bits per heavy atom. The summed E-state index contributed by atoms with van der Waals surface area (Å²) >= 11 is 0. The second-order valence-corrected chi connectivity index (χ2v) is 6.85. The van der Waals surface area contributed by atoms with E-state index in [1.165, 1.54) is 64.2 Å². The normalized spacial score (nSPS) is 12.5. The van der Waals surface area contributed by atoms with Crippen molar-refractivity contribution in [3.05, 3.63) is 0 Å². The minimum atomic E-state index is -1.26. The maximum Gasteiger partial charge on any atom is 0.317 e. The molecule has 0 rings (SSSR count). The van der Waals surface area contributed by atoms with Crippen LogP contribution < -0.4 is 11.5 Å². The number of hydrogen-bond acceptors (Lipinski definition) is 4. The van der Waals surface area contributed by atoms with Crippen LogP contribution in [0.5, 0.6) is 0 Å². The standard InChI is InChI=1S/C19H38N2O3/c1-2-3-4-5-6-7-8-9-10-11-12-13-14-15-16(22)17(18(20)21)19(23)24/h17-18H,2-15,20-21H2,1H3,(H,23,24). The first-order valence-corrected chi connectivity index (χ1v) is 9.77. The van der Waals surface area contributed by atoms with Crippen molar-refractivity contribution in [3.8, 4) is 0 Å². The summed E-state index contributed by atoms with van der Waals surface area (Å²) in [6, 6.07) is 0.